The summed E-state index contributed by atoms with van der Waals surface area (Å²) in [6.45, 7) is 0. The Hall–Kier alpha value is -3.81. The number of hydrogen-bond donors (Lipinski definition) is 2. The Morgan fingerprint density at radius 3 is 2.11 bits per heavy atom. The second kappa shape index (κ2) is 8.72. The van der Waals surface area contributed by atoms with E-state index >= 15 is 0 Å². The molecule has 0 unspecified atom stereocenters. The second-order valence-electron chi connectivity index (χ2n) is 5.68. The molecule has 8 nitrogen and oxygen atoms in total. The van der Waals surface area contributed by atoms with Crippen molar-refractivity contribution in [1.82, 2.24) is 10.2 Å². The zero-order valence-electron chi connectivity index (χ0n) is 15.7. The van der Waals surface area contributed by atoms with Crippen LogP contribution < -0.4 is 24.8 Å². The molecule has 0 radical (unpaired) electrons. The van der Waals surface area contributed by atoms with Crippen molar-refractivity contribution in [2.75, 3.05) is 32.0 Å². The topological polar surface area (TPSA) is 94.6 Å². The van der Waals surface area contributed by atoms with Gasteiger partial charge in [-0.1, -0.05) is 0 Å². The molecule has 2 aromatic carbocycles. The Kier molecular flexibility index (Phi) is 5.91. The highest BCUT2D eigenvalue weighted by atomic mass is 16.5. The van der Waals surface area contributed by atoms with E-state index in [4.69, 9.17) is 14.2 Å². The molecule has 8 heteroatoms. The molecule has 3 aromatic rings. The first-order chi connectivity index (χ1) is 13.6. The lowest BCUT2D eigenvalue weighted by Gasteiger charge is -2.10. The van der Waals surface area contributed by atoms with Crippen LogP contribution >= 0.6 is 0 Å². The summed E-state index contributed by atoms with van der Waals surface area (Å²) in [5, 5.41) is 13.9. The van der Waals surface area contributed by atoms with Gasteiger partial charge < -0.3 is 24.8 Å². The Bertz CT molecular complexity index is 943. The van der Waals surface area contributed by atoms with Crippen LogP contribution in [0.15, 0.2) is 54.6 Å². The van der Waals surface area contributed by atoms with Gasteiger partial charge >= 0.3 is 0 Å². The molecular weight excluding hydrogens is 360 g/mol. The largest absolute Gasteiger partial charge is 0.497 e. The minimum Gasteiger partial charge on any atom is -0.497 e. The zero-order valence-corrected chi connectivity index (χ0v) is 15.7. The maximum atomic E-state index is 12.4. The van der Waals surface area contributed by atoms with Gasteiger partial charge in [0.1, 0.15) is 5.75 Å². The van der Waals surface area contributed by atoms with E-state index in [0.29, 0.717) is 23.0 Å². The summed E-state index contributed by atoms with van der Waals surface area (Å²) in [6.07, 6.45) is 0. The van der Waals surface area contributed by atoms with Crippen LogP contribution in [0.2, 0.25) is 0 Å². The molecule has 3 rings (SSSR count). The number of ether oxygens (including phenoxy) is 3. The molecule has 0 aliphatic carbocycles. The van der Waals surface area contributed by atoms with Gasteiger partial charge in [0, 0.05) is 17.4 Å². The van der Waals surface area contributed by atoms with E-state index in [0.717, 1.165) is 11.4 Å². The fourth-order valence-electron chi connectivity index (χ4n) is 2.45. The molecule has 0 atom stereocenters. The number of carbonyl (C=O) groups is 1. The Morgan fingerprint density at radius 2 is 1.50 bits per heavy atom. The molecule has 0 spiro atoms. The minimum absolute atomic E-state index is 0.190. The number of methoxy groups -OCH3 is 3. The first-order valence-electron chi connectivity index (χ1n) is 8.41. The van der Waals surface area contributed by atoms with E-state index in [1.54, 1.807) is 44.6 Å². The number of rotatable bonds is 7. The Labute approximate surface area is 162 Å². The third-order valence-corrected chi connectivity index (χ3v) is 3.90. The van der Waals surface area contributed by atoms with Crippen LogP contribution in [-0.4, -0.2) is 37.4 Å². The first-order valence-corrected chi connectivity index (χ1v) is 8.41. The van der Waals surface area contributed by atoms with Crippen LogP contribution in [0, 0.1) is 0 Å². The Morgan fingerprint density at radius 1 is 0.786 bits per heavy atom. The van der Waals surface area contributed by atoms with Crippen molar-refractivity contribution in [3.63, 3.8) is 0 Å². The van der Waals surface area contributed by atoms with E-state index in [1.807, 2.05) is 24.3 Å². The van der Waals surface area contributed by atoms with Crippen molar-refractivity contribution in [1.29, 1.82) is 0 Å². The normalized spacial score (nSPS) is 10.1. The quantitative estimate of drug-likeness (QED) is 0.648. The molecule has 0 saturated heterocycles. The van der Waals surface area contributed by atoms with E-state index < -0.39 is 0 Å². The van der Waals surface area contributed by atoms with Crippen LogP contribution in [0.5, 0.6) is 17.2 Å². The molecule has 144 valence electrons. The van der Waals surface area contributed by atoms with Crippen molar-refractivity contribution in [3.05, 3.63) is 60.3 Å². The summed E-state index contributed by atoms with van der Waals surface area (Å²) in [5.41, 5.74) is 1.58. The van der Waals surface area contributed by atoms with Crippen molar-refractivity contribution in [2.45, 2.75) is 0 Å². The summed E-state index contributed by atoms with van der Waals surface area (Å²) >= 11 is 0. The number of amides is 1. The van der Waals surface area contributed by atoms with Crippen molar-refractivity contribution in [2.24, 2.45) is 0 Å². The summed E-state index contributed by atoms with van der Waals surface area (Å²) < 4.78 is 15.5. The van der Waals surface area contributed by atoms with Crippen LogP contribution in [-0.2, 0) is 0 Å². The third kappa shape index (κ3) is 4.47. The molecule has 0 fully saturated rings. The van der Waals surface area contributed by atoms with Crippen molar-refractivity contribution >= 4 is 23.1 Å². The van der Waals surface area contributed by atoms with Gasteiger partial charge in [0.05, 0.1) is 21.3 Å². The van der Waals surface area contributed by atoms with Gasteiger partial charge in [-0.3, -0.25) is 4.79 Å². The molecule has 2 N–H and O–H groups in total. The van der Waals surface area contributed by atoms with E-state index in [-0.39, 0.29) is 11.6 Å². The standard InChI is InChI=1S/C20H20N4O4/c1-26-15-7-4-13(5-8-15)21-19-11-9-16(23-24-19)20(25)22-14-6-10-17(27-2)18(12-14)28-3/h4-12H,1-3H3,(H,21,24)(H,22,25). The number of benzene rings is 2. The van der Waals surface area contributed by atoms with Gasteiger partial charge in [-0.15, -0.1) is 10.2 Å². The number of aromatic nitrogens is 2. The highest BCUT2D eigenvalue weighted by Gasteiger charge is 2.11. The average Bonchev–Trinajstić information content (AvgIpc) is 2.74. The molecule has 1 heterocycles. The smallest absolute Gasteiger partial charge is 0.276 e. The number of anilines is 3. The maximum Gasteiger partial charge on any atom is 0.276 e. The SMILES string of the molecule is COc1ccc(Nc2ccc(C(=O)Nc3ccc(OC)c(OC)c3)nn2)cc1. The lowest BCUT2D eigenvalue weighted by Crippen LogP contribution is -2.14. The van der Waals surface area contributed by atoms with Gasteiger partial charge in [0.2, 0.25) is 0 Å². The van der Waals surface area contributed by atoms with E-state index in [9.17, 15) is 4.79 Å². The number of hydrogen-bond acceptors (Lipinski definition) is 7. The lowest BCUT2D eigenvalue weighted by molar-refractivity contribution is 0.102. The maximum absolute atomic E-state index is 12.4. The minimum atomic E-state index is -0.379. The number of nitrogens with one attached hydrogen (secondary N) is 2. The molecular formula is C20H20N4O4. The summed E-state index contributed by atoms with van der Waals surface area (Å²) in [6, 6.07) is 15.8. The van der Waals surface area contributed by atoms with Crippen LogP contribution in [0.3, 0.4) is 0 Å². The fraction of sp³-hybridized carbons (Fsp3) is 0.150. The summed E-state index contributed by atoms with van der Waals surface area (Å²) in [4.78, 5) is 12.4. The Balaban J connectivity index is 1.66. The third-order valence-electron chi connectivity index (χ3n) is 3.90. The van der Waals surface area contributed by atoms with Gasteiger partial charge in [0.15, 0.2) is 23.0 Å². The predicted octanol–water partition coefficient (Wildman–Crippen LogP) is 3.50. The zero-order chi connectivity index (χ0) is 19.9. The summed E-state index contributed by atoms with van der Waals surface area (Å²) in [5.74, 6) is 2.00. The first kappa shape index (κ1) is 19.0. The van der Waals surface area contributed by atoms with Crippen LogP contribution in [0.25, 0.3) is 0 Å². The molecule has 0 bridgehead atoms. The van der Waals surface area contributed by atoms with E-state index in [1.165, 1.54) is 7.11 Å². The number of carbonyl (C=O) groups excluding carboxylic acids is 1. The molecule has 28 heavy (non-hydrogen) atoms. The second-order valence-corrected chi connectivity index (χ2v) is 5.68. The monoisotopic (exact) mass is 380 g/mol. The van der Waals surface area contributed by atoms with Gasteiger partial charge in [0.25, 0.3) is 5.91 Å². The highest BCUT2D eigenvalue weighted by Crippen LogP contribution is 2.29. The average molecular weight is 380 g/mol. The van der Waals surface area contributed by atoms with Gasteiger partial charge in [-0.05, 0) is 48.5 Å². The molecule has 1 amide bonds. The highest BCUT2D eigenvalue weighted by molar-refractivity contribution is 6.03. The fourth-order valence-corrected chi connectivity index (χ4v) is 2.45. The lowest BCUT2D eigenvalue weighted by atomic mass is 10.2. The van der Waals surface area contributed by atoms with Gasteiger partial charge in [-0.2, -0.15) is 0 Å². The van der Waals surface area contributed by atoms with Crippen molar-refractivity contribution < 1.29 is 19.0 Å². The van der Waals surface area contributed by atoms with Gasteiger partial charge in [-0.25, -0.2) is 0 Å². The molecule has 0 aliphatic rings. The molecule has 0 saturated carbocycles. The van der Waals surface area contributed by atoms with Crippen LogP contribution in [0.4, 0.5) is 17.2 Å². The molecule has 1 aromatic heterocycles. The summed E-state index contributed by atoms with van der Waals surface area (Å²) in [7, 11) is 4.69. The predicted molar refractivity (Wildman–Crippen MR) is 106 cm³/mol. The molecule has 0 aliphatic heterocycles. The van der Waals surface area contributed by atoms with Crippen LogP contribution in [0.1, 0.15) is 10.5 Å². The van der Waals surface area contributed by atoms with E-state index in [2.05, 4.69) is 20.8 Å². The number of nitrogens with zero attached hydrogens (tertiary/aromatic N) is 2. The van der Waals surface area contributed by atoms with Crippen molar-refractivity contribution in [3.8, 4) is 17.2 Å².